The number of aliphatic carboxylic acids is 2. The van der Waals surface area contributed by atoms with Gasteiger partial charge in [-0.3, -0.25) is 9.59 Å². The zero-order chi connectivity index (χ0) is 21.8. The Balaban J connectivity index is 0.000000370. The fraction of sp³-hybridized carbons (Fsp3) is 0.765. The van der Waals surface area contributed by atoms with Crippen LogP contribution >= 0.6 is 0 Å². The van der Waals surface area contributed by atoms with Crippen molar-refractivity contribution < 1.29 is 42.6 Å². The molecule has 29 heavy (non-hydrogen) atoms. The van der Waals surface area contributed by atoms with Crippen LogP contribution in [-0.4, -0.2) is 87.7 Å². The second-order valence-corrected chi connectivity index (χ2v) is 7.17. The zero-order valence-electron chi connectivity index (χ0n) is 15.7. The molecule has 3 rings (SSSR count). The van der Waals surface area contributed by atoms with Gasteiger partial charge in [0.05, 0.1) is 6.04 Å². The Labute approximate surface area is 164 Å². The quantitative estimate of drug-likeness (QED) is 0.601. The van der Waals surface area contributed by atoms with E-state index in [1.54, 1.807) is 4.90 Å². The summed E-state index contributed by atoms with van der Waals surface area (Å²) in [6.45, 7) is 1.92. The highest BCUT2D eigenvalue weighted by Crippen LogP contribution is 2.26. The van der Waals surface area contributed by atoms with Crippen molar-refractivity contribution in [3.8, 4) is 0 Å². The smallest absolute Gasteiger partial charge is 0.480 e. The summed E-state index contributed by atoms with van der Waals surface area (Å²) >= 11 is 0. The fourth-order valence-electron chi connectivity index (χ4n) is 3.86. The number of likely N-dealkylation sites (tertiary alicyclic amines) is 2. The number of rotatable bonds is 3. The molecule has 164 valence electrons. The van der Waals surface area contributed by atoms with Gasteiger partial charge >= 0.3 is 18.1 Å². The Bertz CT molecular complexity index is 651. The first-order valence-electron chi connectivity index (χ1n) is 9.41. The topological polar surface area (TPSA) is 127 Å². The standard InChI is InChI=1S/C15H23N3O4.C2HF3O2/c19-13(10-4-1-7-16-10)17-8-2-5-11(17)14(20)18-9-3-6-12(18)15(21)22;3-2(4,5)1(6)7/h10-12,16H,1-9H2,(H,21,22);(H,6,7)/t10-,11-,12-;/m0./s1. The van der Waals surface area contributed by atoms with Crippen LogP contribution in [0.4, 0.5) is 13.2 Å². The van der Waals surface area contributed by atoms with E-state index in [1.165, 1.54) is 4.90 Å². The minimum absolute atomic E-state index is 0.000535. The number of halogens is 3. The normalized spacial score (nSPS) is 26.8. The molecular weight excluding hydrogens is 399 g/mol. The lowest BCUT2D eigenvalue weighted by Gasteiger charge is -2.31. The van der Waals surface area contributed by atoms with Gasteiger partial charge in [-0.15, -0.1) is 0 Å². The largest absolute Gasteiger partial charge is 0.490 e. The van der Waals surface area contributed by atoms with Gasteiger partial charge in [0.2, 0.25) is 11.8 Å². The average molecular weight is 423 g/mol. The summed E-state index contributed by atoms with van der Waals surface area (Å²) in [4.78, 5) is 48.6. The van der Waals surface area contributed by atoms with Crippen molar-refractivity contribution in [2.75, 3.05) is 19.6 Å². The predicted molar refractivity (Wildman–Crippen MR) is 91.8 cm³/mol. The molecule has 3 heterocycles. The summed E-state index contributed by atoms with van der Waals surface area (Å²) in [6, 6.07) is -1.38. The van der Waals surface area contributed by atoms with Crippen LogP contribution in [0.15, 0.2) is 0 Å². The number of nitrogens with zero attached hydrogens (tertiary/aromatic N) is 2. The molecule has 3 saturated heterocycles. The van der Waals surface area contributed by atoms with Crippen molar-refractivity contribution in [2.45, 2.75) is 62.8 Å². The van der Waals surface area contributed by atoms with Crippen molar-refractivity contribution >= 4 is 23.8 Å². The minimum Gasteiger partial charge on any atom is -0.480 e. The summed E-state index contributed by atoms with van der Waals surface area (Å²) in [5.41, 5.74) is 0. The molecule has 0 saturated carbocycles. The number of alkyl halides is 3. The second kappa shape index (κ2) is 9.42. The van der Waals surface area contributed by atoms with Crippen molar-refractivity contribution in [3.05, 3.63) is 0 Å². The number of hydrogen-bond acceptors (Lipinski definition) is 5. The van der Waals surface area contributed by atoms with Crippen LogP contribution in [0.2, 0.25) is 0 Å². The predicted octanol–water partition coefficient (Wildman–Crippen LogP) is 0.438. The average Bonchev–Trinajstić information content (AvgIpc) is 3.41. The van der Waals surface area contributed by atoms with Crippen LogP contribution in [-0.2, 0) is 19.2 Å². The molecule has 9 nitrogen and oxygen atoms in total. The molecule has 3 N–H and O–H groups in total. The Morgan fingerprint density at radius 1 is 0.828 bits per heavy atom. The lowest BCUT2D eigenvalue weighted by Crippen LogP contribution is -2.53. The van der Waals surface area contributed by atoms with Crippen LogP contribution in [0.25, 0.3) is 0 Å². The van der Waals surface area contributed by atoms with Gasteiger partial charge in [0.15, 0.2) is 0 Å². The zero-order valence-corrected chi connectivity index (χ0v) is 15.7. The maximum Gasteiger partial charge on any atom is 0.490 e. The van der Waals surface area contributed by atoms with Gasteiger partial charge < -0.3 is 25.3 Å². The van der Waals surface area contributed by atoms with E-state index >= 15 is 0 Å². The van der Waals surface area contributed by atoms with Crippen LogP contribution in [0, 0.1) is 0 Å². The highest BCUT2D eigenvalue weighted by Gasteiger charge is 2.43. The summed E-state index contributed by atoms with van der Waals surface area (Å²) < 4.78 is 31.7. The van der Waals surface area contributed by atoms with Crippen molar-refractivity contribution in [3.63, 3.8) is 0 Å². The van der Waals surface area contributed by atoms with Crippen molar-refractivity contribution in [1.82, 2.24) is 15.1 Å². The summed E-state index contributed by atoms with van der Waals surface area (Å²) in [6.07, 6.45) is -0.617. The van der Waals surface area contributed by atoms with E-state index in [0.29, 0.717) is 32.4 Å². The van der Waals surface area contributed by atoms with Crippen LogP contribution in [0.1, 0.15) is 38.5 Å². The molecule has 12 heteroatoms. The number of nitrogens with one attached hydrogen (secondary N) is 1. The first kappa shape index (κ1) is 22.9. The minimum atomic E-state index is -5.08. The SMILES string of the molecule is O=C(O)C(F)(F)F.O=C(O)[C@@H]1CCCN1C(=O)[C@@H]1CCCN1C(=O)[C@@H]1CCCN1. The van der Waals surface area contributed by atoms with Gasteiger partial charge in [-0.25, -0.2) is 9.59 Å². The van der Waals surface area contributed by atoms with E-state index in [9.17, 15) is 32.7 Å². The van der Waals surface area contributed by atoms with Gasteiger partial charge in [-0.2, -0.15) is 13.2 Å². The maximum atomic E-state index is 12.7. The molecule has 0 radical (unpaired) electrons. The molecule has 3 aliphatic rings. The molecule has 3 aliphatic heterocycles. The molecule has 0 aromatic rings. The van der Waals surface area contributed by atoms with Gasteiger partial charge in [0, 0.05) is 13.1 Å². The summed E-state index contributed by atoms with van der Waals surface area (Å²) in [5.74, 6) is -3.89. The highest BCUT2D eigenvalue weighted by atomic mass is 19.4. The van der Waals surface area contributed by atoms with E-state index in [-0.39, 0.29) is 17.9 Å². The number of carboxylic acid groups (broad SMARTS) is 2. The lowest BCUT2D eigenvalue weighted by atomic mass is 10.1. The molecule has 0 spiro atoms. The molecular formula is C17H24F3N3O6. The van der Waals surface area contributed by atoms with E-state index in [2.05, 4.69) is 5.32 Å². The Hall–Kier alpha value is -2.37. The first-order valence-corrected chi connectivity index (χ1v) is 9.41. The molecule has 2 amide bonds. The third kappa shape index (κ3) is 5.58. The Morgan fingerprint density at radius 2 is 1.34 bits per heavy atom. The molecule has 3 atom stereocenters. The lowest BCUT2D eigenvalue weighted by molar-refractivity contribution is -0.192. The number of hydrogen-bond donors (Lipinski definition) is 3. The third-order valence-electron chi connectivity index (χ3n) is 5.24. The number of amides is 2. The van der Waals surface area contributed by atoms with Gasteiger partial charge in [0.25, 0.3) is 0 Å². The van der Waals surface area contributed by atoms with Crippen LogP contribution in [0.3, 0.4) is 0 Å². The summed E-state index contributed by atoms with van der Waals surface area (Å²) in [5, 5.41) is 19.5. The molecule has 0 aromatic carbocycles. The highest BCUT2D eigenvalue weighted by molar-refractivity contribution is 5.92. The Kier molecular flexibility index (Phi) is 7.44. The third-order valence-corrected chi connectivity index (χ3v) is 5.24. The van der Waals surface area contributed by atoms with Crippen LogP contribution < -0.4 is 5.32 Å². The van der Waals surface area contributed by atoms with Crippen molar-refractivity contribution in [2.24, 2.45) is 0 Å². The van der Waals surface area contributed by atoms with Crippen molar-refractivity contribution in [1.29, 1.82) is 0 Å². The fourth-order valence-corrected chi connectivity index (χ4v) is 3.86. The molecule has 3 fully saturated rings. The maximum absolute atomic E-state index is 12.7. The number of carbonyl (C=O) groups excluding carboxylic acids is 2. The number of carbonyl (C=O) groups is 4. The monoisotopic (exact) mass is 423 g/mol. The van der Waals surface area contributed by atoms with E-state index in [1.807, 2.05) is 0 Å². The van der Waals surface area contributed by atoms with E-state index in [4.69, 9.17) is 9.90 Å². The molecule has 0 aromatic heterocycles. The Morgan fingerprint density at radius 3 is 1.79 bits per heavy atom. The number of carboxylic acids is 2. The van der Waals surface area contributed by atoms with Gasteiger partial charge in [-0.1, -0.05) is 0 Å². The molecule has 0 aliphatic carbocycles. The molecule has 0 unspecified atom stereocenters. The summed E-state index contributed by atoms with van der Waals surface area (Å²) in [7, 11) is 0. The van der Waals surface area contributed by atoms with E-state index < -0.39 is 30.2 Å². The van der Waals surface area contributed by atoms with E-state index in [0.717, 1.165) is 25.8 Å². The first-order chi connectivity index (χ1) is 13.5. The molecule has 0 bridgehead atoms. The van der Waals surface area contributed by atoms with Gasteiger partial charge in [-0.05, 0) is 45.1 Å². The van der Waals surface area contributed by atoms with Crippen LogP contribution in [0.5, 0.6) is 0 Å². The second-order valence-electron chi connectivity index (χ2n) is 7.17. The van der Waals surface area contributed by atoms with Gasteiger partial charge in [0.1, 0.15) is 12.1 Å².